The van der Waals surface area contributed by atoms with Crippen LogP contribution in [-0.2, 0) is 6.42 Å². The van der Waals surface area contributed by atoms with E-state index in [1.165, 1.54) is 13.2 Å². The molecule has 0 atom stereocenters. The predicted molar refractivity (Wildman–Crippen MR) is 57.2 cm³/mol. The summed E-state index contributed by atoms with van der Waals surface area (Å²) in [5.41, 5.74) is 0.984. The Morgan fingerprint density at radius 1 is 1.57 bits per heavy atom. The maximum absolute atomic E-state index is 10.6. The summed E-state index contributed by atoms with van der Waals surface area (Å²) >= 11 is 4.09. The van der Waals surface area contributed by atoms with Crippen molar-refractivity contribution in [1.29, 1.82) is 0 Å². The molecule has 0 aliphatic rings. The second-order valence-corrected chi connectivity index (χ2v) is 3.18. The average molecular weight is 213 g/mol. The minimum absolute atomic E-state index is 0.00425. The first kappa shape index (κ1) is 10.8. The number of nitro benzene ring substituents is 1. The Hall–Kier alpha value is -1.23. The standard InChI is InChI=1S/C9H11NO3S/c1-13-9-6-7(4-5-14)2-3-8(9)10(11)12/h2-3,6,14H,4-5H2,1H3. The molecule has 0 amide bonds. The van der Waals surface area contributed by atoms with E-state index >= 15 is 0 Å². The number of aryl methyl sites for hydroxylation is 1. The van der Waals surface area contributed by atoms with Gasteiger partial charge in [-0.3, -0.25) is 10.1 Å². The molecule has 0 aliphatic heterocycles. The smallest absolute Gasteiger partial charge is 0.310 e. The van der Waals surface area contributed by atoms with Crippen LogP contribution in [0.3, 0.4) is 0 Å². The first-order valence-corrected chi connectivity index (χ1v) is 4.74. The first-order chi connectivity index (χ1) is 6.69. The van der Waals surface area contributed by atoms with Crippen molar-refractivity contribution >= 4 is 18.3 Å². The fraction of sp³-hybridized carbons (Fsp3) is 0.333. The van der Waals surface area contributed by atoms with Crippen molar-refractivity contribution in [2.75, 3.05) is 12.9 Å². The number of benzene rings is 1. The maximum Gasteiger partial charge on any atom is 0.310 e. The van der Waals surface area contributed by atoms with Gasteiger partial charge in [0, 0.05) is 6.07 Å². The SMILES string of the molecule is COc1cc(CCS)ccc1[N+](=O)[O-]. The van der Waals surface area contributed by atoms with Gasteiger partial charge in [0.25, 0.3) is 0 Å². The maximum atomic E-state index is 10.6. The van der Waals surface area contributed by atoms with E-state index in [4.69, 9.17) is 4.74 Å². The van der Waals surface area contributed by atoms with E-state index in [0.717, 1.165) is 12.0 Å². The Labute approximate surface area is 87.4 Å². The molecule has 0 aromatic heterocycles. The van der Waals surface area contributed by atoms with Gasteiger partial charge in [0.2, 0.25) is 0 Å². The molecule has 0 saturated heterocycles. The van der Waals surface area contributed by atoms with Crippen LogP contribution >= 0.6 is 12.6 Å². The number of ether oxygens (including phenoxy) is 1. The lowest BCUT2D eigenvalue weighted by Crippen LogP contribution is -1.95. The third kappa shape index (κ3) is 2.38. The minimum Gasteiger partial charge on any atom is -0.490 e. The van der Waals surface area contributed by atoms with E-state index in [2.05, 4.69) is 12.6 Å². The zero-order valence-corrected chi connectivity index (χ0v) is 8.66. The predicted octanol–water partition coefficient (Wildman–Crippen LogP) is 2.08. The number of hydrogen-bond donors (Lipinski definition) is 1. The summed E-state index contributed by atoms with van der Waals surface area (Å²) < 4.78 is 4.93. The highest BCUT2D eigenvalue weighted by Crippen LogP contribution is 2.27. The van der Waals surface area contributed by atoms with Gasteiger partial charge in [0.05, 0.1) is 12.0 Å². The lowest BCUT2D eigenvalue weighted by Gasteiger charge is -2.03. The summed E-state index contributed by atoms with van der Waals surface area (Å²) in [7, 11) is 1.42. The minimum atomic E-state index is -0.455. The number of thiol groups is 1. The van der Waals surface area contributed by atoms with Crippen LogP contribution < -0.4 is 4.74 Å². The van der Waals surface area contributed by atoms with Crippen molar-refractivity contribution in [3.63, 3.8) is 0 Å². The van der Waals surface area contributed by atoms with Crippen LogP contribution in [0.15, 0.2) is 18.2 Å². The number of rotatable bonds is 4. The van der Waals surface area contributed by atoms with Gasteiger partial charge in [0.1, 0.15) is 0 Å². The lowest BCUT2D eigenvalue weighted by atomic mass is 10.1. The largest absolute Gasteiger partial charge is 0.490 e. The Balaban J connectivity index is 3.05. The monoisotopic (exact) mass is 213 g/mol. The van der Waals surface area contributed by atoms with Gasteiger partial charge in [-0.25, -0.2) is 0 Å². The molecule has 0 radical (unpaired) electrons. The molecule has 14 heavy (non-hydrogen) atoms. The normalized spacial score (nSPS) is 9.86. The van der Waals surface area contributed by atoms with Crippen molar-refractivity contribution in [1.82, 2.24) is 0 Å². The average Bonchev–Trinajstić information content (AvgIpc) is 2.17. The van der Waals surface area contributed by atoms with Crippen LogP contribution in [0.4, 0.5) is 5.69 Å². The van der Waals surface area contributed by atoms with E-state index < -0.39 is 4.92 Å². The Morgan fingerprint density at radius 2 is 2.29 bits per heavy atom. The summed E-state index contributed by atoms with van der Waals surface area (Å²) in [6.45, 7) is 0. The third-order valence-electron chi connectivity index (χ3n) is 1.84. The summed E-state index contributed by atoms with van der Waals surface area (Å²) in [5, 5.41) is 10.6. The van der Waals surface area contributed by atoms with E-state index in [-0.39, 0.29) is 5.69 Å². The number of methoxy groups -OCH3 is 1. The van der Waals surface area contributed by atoms with Gasteiger partial charge in [-0.15, -0.1) is 0 Å². The van der Waals surface area contributed by atoms with Gasteiger partial charge in [-0.2, -0.15) is 12.6 Å². The molecule has 76 valence electrons. The van der Waals surface area contributed by atoms with E-state index in [9.17, 15) is 10.1 Å². The topological polar surface area (TPSA) is 52.4 Å². The fourth-order valence-electron chi connectivity index (χ4n) is 1.16. The molecule has 0 N–H and O–H groups in total. The highest BCUT2D eigenvalue weighted by atomic mass is 32.1. The molecule has 0 spiro atoms. The van der Waals surface area contributed by atoms with E-state index in [1.807, 2.05) is 0 Å². The molecule has 1 aromatic rings. The van der Waals surface area contributed by atoms with Gasteiger partial charge in [-0.05, 0) is 23.8 Å². The molecule has 0 saturated carbocycles. The zero-order chi connectivity index (χ0) is 10.6. The molecular formula is C9H11NO3S. The Bertz CT molecular complexity index is 341. The quantitative estimate of drug-likeness (QED) is 0.473. The zero-order valence-electron chi connectivity index (χ0n) is 7.77. The second-order valence-electron chi connectivity index (χ2n) is 2.74. The number of hydrogen-bond acceptors (Lipinski definition) is 4. The molecule has 5 heteroatoms. The Kier molecular flexibility index (Phi) is 3.76. The van der Waals surface area contributed by atoms with Crippen molar-refractivity contribution in [2.24, 2.45) is 0 Å². The number of nitro groups is 1. The van der Waals surface area contributed by atoms with Crippen molar-refractivity contribution in [2.45, 2.75) is 6.42 Å². The van der Waals surface area contributed by atoms with Crippen molar-refractivity contribution in [3.05, 3.63) is 33.9 Å². The molecule has 0 bridgehead atoms. The summed E-state index contributed by atoms with van der Waals surface area (Å²) in [6, 6.07) is 4.85. The van der Waals surface area contributed by atoms with Crippen molar-refractivity contribution < 1.29 is 9.66 Å². The van der Waals surface area contributed by atoms with Gasteiger partial charge in [-0.1, -0.05) is 6.07 Å². The van der Waals surface area contributed by atoms with Gasteiger partial charge < -0.3 is 4.74 Å². The van der Waals surface area contributed by atoms with Gasteiger partial charge >= 0.3 is 5.69 Å². The molecule has 0 fully saturated rings. The molecule has 4 nitrogen and oxygen atoms in total. The van der Waals surface area contributed by atoms with Crippen molar-refractivity contribution in [3.8, 4) is 5.75 Å². The first-order valence-electron chi connectivity index (χ1n) is 4.11. The second kappa shape index (κ2) is 4.85. The van der Waals surface area contributed by atoms with Gasteiger partial charge in [0.15, 0.2) is 5.75 Å². The van der Waals surface area contributed by atoms with Crippen LogP contribution in [0.25, 0.3) is 0 Å². The third-order valence-corrected chi connectivity index (χ3v) is 2.06. The summed E-state index contributed by atoms with van der Waals surface area (Å²) in [6.07, 6.45) is 0.775. The molecule has 0 heterocycles. The van der Waals surface area contributed by atoms with Crippen LogP contribution in [0.1, 0.15) is 5.56 Å². The summed E-state index contributed by atoms with van der Waals surface area (Å²) in [4.78, 5) is 10.1. The molecule has 1 rings (SSSR count). The highest BCUT2D eigenvalue weighted by Gasteiger charge is 2.13. The molecule has 0 aliphatic carbocycles. The molecule has 0 unspecified atom stereocenters. The molecular weight excluding hydrogens is 202 g/mol. The Morgan fingerprint density at radius 3 is 2.79 bits per heavy atom. The van der Waals surface area contributed by atoms with Crippen LogP contribution in [0, 0.1) is 10.1 Å². The summed E-state index contributed by atoms with van der Waals surface area (Å²) in [5.74, 6) is 1.01. The lowest BCUT2D eigenvalue weighted by molar-refractivity contribution is -0.385. The number of nitrogens with zero attached hydrogens (tertiary/aromatic N) is 1. The van der Waals surface area contributed by atoms with E-state index in [1.54, 1.807) is 12.1 Å². The van der Waals surface area contributed by atoms with Crippen LogP contribution in [-0.4, -0.2) is 17.8 Å². The highest BCUT2D eigenvalue weighted by molar-refractivity contribution is 7.80. The fourth-order valence-corrected chi connectivity index (χ4v) is 1.42. The molecule has 1 aromatic carbocycles. The van der Waals surface area contributed by atoms with Crippen LogP contribution in [0.5, 0.6) is 5.75 Å². The van der Waals surface area contributed by atoms with Crippen LogP contribution in [0.2, 0.25) is 0 Å². The van der Waals surface area contributed by atoms with E-state index in [0.29, 0.717) is 11.5 Å².